The molecule has 0 bridgehead atoms. The number of para-hydroxylation sites is 1. The number of rotatable bonds is 6. The number of carbonyl (C=O) groups is 2. The highest BCUT2D eigenvalue weighted by atomic mass is 79.9. The van der Waals surface area contributed by atoms with Crippen LogP contribution in [0.25, 0.3) is 0 Å². The number of anilines is 1. The number of methoxy groups -OCH3 is 1. The maximum Gasteiger partial charge on any atom is 0.255 e. The molecule has 0 fully saturated rings. The molecular formula is C18H17BrCl2N2O3. The Kier molecular flexibility index (Phi) is 7.32. The first kappa shape index (κ1) is 20.6. The van der Waals surface area contributed by atoms with Crippen molar-refractivity contribution in [3.63, 3.8) is 0 Å². The van der Waals surface area contributed by atoms with Crippen LogP contribution < -0.4 is 10.1 Å². The molecule has 0 unspecified atom stereocenters. The second-order valence-corrected chi connectivity index (χ2v) is 6.98. The summed E-state index contributed by atoms with van der Waals surface area (Å²) in [5.41, 5.74) is 0.738. The van der Waals surface area contributed by atoms with Gasteiger partial charge >= 0.3 is 0 Å². The number of amides is 2. The molecule has 0 aliphatic heterocycles. The number of likely N-dealkylation sites (N-methyl/N-ethyl adjacent to an activating group) is 1. The number of nitrogens with zero attached hydrogens (tertiary/aromatic N) is 1. The molecule has 0 aliphatic carbocycles. The highest BCUT2D eigenvalue weighted by Gasteiger charge is 2.21. The molecule has 1 N–H and O–H groups in total. The molecule has 2 aromatic carbocycles. The van der Waals surface area contributed by atoms with Gasteiger partial charge in [0.05, 0.1) is 28.4 Å². The predicted octanol–water partition coefficient (Wildman–Crippen LogP) is 4.87. The molecule has 2 amide bonds. The fourth-order valence-corrected chi connectivity index (χ4v) is 3.17. The van der Waals surface area contributed by atoms with E-state index in [2.05, 4.69) is 21.2 Å². The summed E-state index contributed by atoms with van der Waals surface area (Å²) < 4.78 is 5.78. The Labute approximate surface area is 170 Å². The lowest BCUT2D eigenvalue weighted by molar-refractivity contribution is -0.116. The molecule has 0 heterocycles. The SMILES string of the molecule is CCN(CC(=O)Nc1c(Cl)cccc1Cl)C(=O)c1cc(OC)ccc1Br. The zero-order valence-electron chi connectivity index (χ0n) is 14.2. The maximum atomic E-state index is 12.8. The number of hydrogen-bond acceptors (Lipinski definition) is 3. The van der Waals surface area contributed by atoms with Crippen molar-refractivity contribution >= 4 is 56.6 Å². The fourth-order valence-electron chi connectivity index (χ4n) is 2.26. The molecule has 2 aromatic rings. The van der Waals surface area contributed by atoms with Gasteiger partial charge in [-0.05, 0) is 53.2 Å². The average molecular weight is 460 g/mol. The Morgan fingerprint density at radius 2 is 1.85 bits per heavy atom. The Morgan fingerprint density at radius 3 is 2.42 bits per heavy atom. The molecule has 0 radical (unpaired) electrons. The highest BCUT2D eigenvalue weighted by molar-refractivity contribution is 9.10. The summed E-state index contributed by atoms with van der Waals surface area (Å²) in [6.45, 7) is 2.01. The summed E-state index contributed by atoms with van der Waals surface area (Å²) >= 11 is 15.5. The summed E-state index contributed by atoms with van der Waals surface area (Å²) in [6.07, 6.45) is 0. The summed E-state index contributed by atoms with van der Waals surface area (Å²) in [5.74, 6) is -0.132. The van der Waals surface area contributed by atoms with Crippen molar-refractivity contribution in [1.82, 2.24) is 4.90 Å². The Morgan fingerprint density at radius 1 is 1.19 bits per heavy atom. The minimum absolute atomic E-state index is 0.138. The van der Waals surface area contributed by atoms with Crippen molar-refractivity contribution in [2.45, 2.75) is 6.92 Å². The largest absolute Gasteiger partial charge is 0.497 e. The first-order valence-electron chi connectivity index (χ1n) is 7.74. The van der Waals surface area contributed by atoms with Gasteiger partial charge in [0, 0.05) is 11.0 Å². The summed E-state index contributed by atoms with van der Waals surface area (Å²) in [5, 5.41) is 3.31. The molecule has 0 aliphatic rings. The van der Waals surface area contributed by atoms with Crippen LogP contribution in [0.4, 0.5) is 5.69 Å². The van der Waals surface area contributed by atoms with Gasteiger partial charge in [-0.3, -0.25) is 9.59 Å². The number of carbonyl (C=O) groups excluding carboxylic acids is 2. The minimum Gasteiger partial charge on any atom is -0.497 e. The van der Waals surface area contributed by atoms with Gasteiger partial charge in [0.1, 0.15) is 12.3 Å². The summed E-state index contributed by atoms with van der Waals surface area (Å²) in [6, 6.07) is 10.0. The maximum absolute atomic E-state index is 12.8. The van der Waals surface area contributed by atoms with Crippen LogP contribution in [0.2, 0.25) is 10.0 Å². The summed E-state index contributed by atoms with van der Waals surface area (Å²) in [7, 11) is 1.52. The van der Waals surface area contributed by atoms with Crippen molar-refractivity contribution in [1.29, 1.82) is 0 Å². The van der Waals surface area contributed by atoms with Crippen LogP contribution in [0.1, 0.15) is 17.3 Å². The van der Waals surface area contributed by atoms with Crippen LogP contribution >= 0.6 is 39.1 Å². The van der Waals surface area contributed by atoms with E-state index in [0.29, 0.717) is 38.1 Å². The molecule has 0 atom stereocenters. The molecule has 0 spiro atoms. The van der Waals surface area contributed by atoms with E-state index in [-0.39, 0.29) is 12.5 Å². The smallest absolute Gasteiger partial charge is 0.255 e. The minimum atomic E-state index is -0.394. The van der Waals surface area contributed by atoms with E-state index in [4.69, 9.17) is 27.9 Å². The van der Waals surface area contributed by atoms with Crippen LogP contribution in [0.5, 0.6) is 5.75 Å². The van der Waals surface area contributed by atoms with Crippen molar-refractivity contribution in [2.24, 2.45) is 0 Å². The molecule has 26 heavy (non-hydrogen) atoms. The lowest BCUT2D eigenvalue weighted by Gasteiger charge is -2.21. The standard InChI is InChI=1S/C18H17BrCl2N2O3/c1-3-23(18(25)12-9-11(26-2)7-8-13(12)19)10-16(24)22-17-14(20)5-4-6-15(17)21/h4-9H,3,10H2,1-2H3,(H,22,24). The van der Waals surface area contributed by atoms with E-state index in [9.17, 15) is 9.59 Å². The monoisotopic (exact) mass is 458 g/mol. The summed E-state index contributed by atoms with van der Waals surface area (Å²) in [4.78, 5) is 26.6. The van der Waals surface area contributed by atoms with Crippen LogP contribution in [0, 0.1) is 0 Å². The van der Waals surface area contributed by atoms with Crippen LogP contribution in [0.15, 0.2) is 40.9 Å². The third-order valence-electron chi connectivity index (χ3n) is 3.63. The van der Waals surface area contributed by atoms with E-state index >= 15 is 0 Å². The lowest BCUT2D eigenvalue weighted by Crippen LogP contribution is -2.38. The number of nitrogens with one attached hydrogen (secondary N) is 1. The molecule has 8 heteroatoms. The second-order valence-electron chi connectivity index (χ2n) is 5.31. The van der Waals surface area contributed by atoms with E-state index < -0.39 is 5.91 Å². The third kappa shape index (κ3) is 4.90. The van der Waals surface area contributed by atoms with E-state index in [1.165, 1.54) is 12.0 Å². The first-order valence-corrected chi connectivity index (χ1v) is 9.29. The van der Waals surface area contributed by atoms with Gasteiger partial charge in [0.15, 0.2) is 0 Å². The van der Waals surface area contributed by atoms with Gasteiger partial charge in [-0.25, -0.2) is 0 Å². The van der Waals surface area contributed by atoms with Gasteiger partial charge in [0.25, 0.3) is 5.91 Å². The number of benzene rings is 2. The molecule has 0 saturated carbocycles. The zero-order valence-corrected chi connectivity index (χ0v) is 17.3. The van der Waals surface area contributed by atoms with Crippen molar-refractivity contribution in [3.05, 3.63) is 56.5 Å². The molecule has 5 nitrogen and oxygen atoms in total. The second kappa shape index (κ2) is 9.26. The number of ether oxygens (including phenoxy) is 1. The fraction of sp³-hybridized carbons (Fsp3) is 0.222. The topological polar surface area (TPSA) is 58.6 Å². The average Bonchev–Trinajstić information content (AvgIpc) is 2.62. The lowest BCUT2D eigenvalue weighted by atomic mass is 10.2. The van der Waals surface area contributed by atoms with Crippen molar-refractivity contribution in [2.75, 3.05) is 25.5 Å². The van der Waals surface area contributed by atoms with Crippen molar-refractivity contribution in [3.8, 4) is 5.75 Å². The first-order chi connectivity index (χ1) is 12.4. The zero-order chi connectivity index (χ0) is 19.3. The van der Waals surface area contributed by atoms with Gasteiger partial charge in [-0.2, -0.15) is 0 Å². The van der Waals surface area contributed by atoms with E-state index in [0.717, 1.165) is 0 Å². The Bertz CT molecular complexity index is 810. The number of halogens is 3. The number of hydrogen-bond donors (Lipinski definition) is 1. The van der Waals surface area contributed by atoms with E-state index in [1.54, 1.807) is 43.3 Å². The van der Waals surface area contributed by atoms with Crippen LogP contribution in [-0.2, 0) is 4.79 Å². The quantitative estimate of drug-likeness (QED) is 0.670. The Balaban J connectivity index is 2.16. The van der Waals surface area contributed by atoms with E-state index in [1.807, 2.05) is 0 Å². The molecule has 2 rings (SSSR count). The molecule has 0 aromatic heterocycles. The van der Waals surface area contributed by atoms with Crippen LogP contribution in [-0.4, -0.2) is 36.9 Å². The predicted molar refractivity (Wildman–Crippen MR) is 107 cm³/mol. The molecule has 0 saturated heterocycles. The third-order valence-corrected chi connectivity index (χ3v) is 4.96. The van der Waals surface area contributed by atoms with Crippen molar-refractivity contribution < 1.29 is 14.3 Å². The molecule has 138 valence electrons. The normalized spacial score (nSPS) is 10.3. The highest BCUT2D eigenvalue weighted by Crippen LogP contribution is 2.30. The van der Waals surface area contributed by atoms with Gasteiger partial charge in [0.2, 0.25) is 5.91 Å². The van der Waals surface area contributed by atoms with Gasteiger partial charge in [-0.1, -0.05) is 29.3 Å². The van der Waals surface area contributed by atoms with Gasteiger partial charge < -0.3 is 15.0 Å². The Hall–Kier alpha value is -1.76. The molecular weight excluding hydrogens is 443 g/mol. The van der Waals surface area contributed by atoms with Gasteiger partial charge in [-0.15, -0.1) is 0 Å². The van der Waals surface area contributed by atoms with Crippen LogP contribution in [0.3, 0.4) is 0 Å².